The van der Waals surface area contributed by atoms with Crippen LogP contribution in [0.3, 0.4) is 0 Å². The number of hydrogen-bond acceptors (Lipinski definition) is 7. The van der Waals surface area contributed by atoms with Gasteiger partial charge in [-0.3, -0.25) is 9.88 Å². The Hall–Kier alpha value is -3.75. The molecule has 3 saturated heterocycles. The third-order valence-electron chi connectivity index (χ3n) is 8.08. The number of hydrogen-bond donors (Lipinski definition) is 0. The van der Waals surface area contributed by atoms with Crippen LogP contribution in [0.25, 0.3) is 16.6 Å². The fourth-order valence-electron chi connectivity index (χ4n) is 6.02. The predicted molar refractivity (Wildman–Crippen MR) is 146 cm³/mol. The molecule has 0 radical (unpaired) electrons. The highest BCUT2D eigenvalue weighted by Crippen LogP contribution is 2.44. The van der Waals surface area contributed by atoms with E-state index in [1.54, 1.807) is 18.9 Å². The van der Waals surface area contributed by atoms with Crippen LogP contribution in [0.15, 0.2) is 73.6 Å². The summed E-state index contributed by atoms with van der Waals surface area (Å²) < 4.78 is 19.4. The number of fused-ring (bicyclic) bond motifs is 4. The summed E-state index contributed by atoms with van der Waals surface area (Å²) in [7, 11) is 3.35. The Morgan fingerprint density at radius 3 is 2.63 bits per heavy atom. The summed E-state index contributed by atoms with van der Waals surface area (Å²) in [5.41, 5.74) is 3.76. The summed E-state index contributed by atoms with van der Waals surface area (Å²) in [6, 6.07) is 16.1. The van der Waals surface area contributed by atoms with Gasteiger partial charge in [-0.25, -0.2) is 4.68 Å². The van der Waals surface area contributed by atoms with Crippen LogP contribution >= 0.6 is 0 Å². The number of ether oxygens (including phenoxy) is 3. The highest BCUT2D eigenvalue weighted by molar-refractivity contribution is 5.84. The second kappa shape index (κ2) is 10.6. The molecule has 0 N–H and O–H groups in total. The molecule has 0 aliphatic carbocycles. The van der Waals surface area contributed by atoms with Gasteiger partial charge in [0, 0.05) is 24.2 Å². The highest BCUT2D eigenvalue weighted by atomic mass is 16.5. The van der Waals surface area contributed by atoms with E-state index in [4.69, 9.17) is 14.2 Å². The van der Waals surface area contributed by atoms with Crippen LogP contribution in [0, 0.1) is 11.8 Å². The van der Waals surface area contributed by atoms with Crippen LogP contribution in [-0.4, -0.2) is 58.2 Å². The standard InChI is InChI=1S/C30H33N5O3/c1-4-20-17-34-14-12-21(20)15-29(34)30(26-11-13-31-28-10-9-25(37-3)16-27(26)28)38-19-22-18-35(33-32-22)23-5-7-24(36-2)8-6-23/h4-11,13,16,18,20-21,29-30H,1,12,14-15,17,19H2,2-3H3/t20-,21-,29+,30+/m0/s1. The summed E-state index contributed by atoms with van der Waals surface area (Å²) in [4.78, 5) is 7.19. The second-order valence-corrected chi connectivity index (χ2v) is 10.1. The minimum absolute atomic E-state index is 0.146. The zero-order valence-electron chi connectivity index (χ0n) is 21.9. The molecule has 0 amide bonds. The number of benzene rings is 2. The molecule has 196 valence electrons. The minimum atomic E-state index is -0.146. The Kier molecular flexibility index (Phi) is 6.82. The molecule has 1 unspecified atom stereocenters. The van der Waals surface area contributed by atoms with Crippen LogP contribution in [0.1, 0.15) is 30.2 Å². The van der Waals surface area contributed by atoms with Gasteiger partial charge in [-0.05, 0) is 85.3 Å². The van der Waals surface area contributed by atoms with Crippen molar-refractivity contribution in [3.8, 4) is 17.2 Å². The molecule has 5 atom stereocenters. The maximum absolute atomic E-state index is 6.77. The molecule has 3 aliphatic rings. The van der Waals surface area contributed by atoms with Gasteiger partial charge in [-0.1, -0.05) is 11.3 Å². The van der Waals surface area contributed by atoms with Crippen molar-refractivity contribution in [1.82, 2.24) is 24.9 Å². The molecule has 4 aromatic rings. The van der Waals surface area contributed by atoms with Crippen LogP contribution in [0.4, 0.5) is 0 Å². The molecule has 0 saturated carbocycles. The summed E-state index contributed by atoms with van der Waals surface area (Å²) in [6.45, 7) is 6.56. The van der Waals surface area contributed by atoms with Gasteiger partial charge in [0.05, 0.1) is 44.3 Å². The molecular formula is C30H33N5O3. The number of methoxy groups -OCH3 is 2. The van der Waals surface area contributed by atoms with Crippen molar-refractivity contribution in [1.29, 1.82) is 0 Å². The van der Waals surface area contributed by atoms with E-state index in [9.17, 15) is 0 Å². The van der Waals surface area contributed by atoms with E-state index in [0.717, 1.165) is 58.9 Å². The Labute approximate surface area is 222 Å². The first-order valence-corrected chi connectivity index (χ1v) is 13.1. The van der Waals surface area contributed by atoms with Gasteiger partial charge >= 0.3 is 0 Å². The van der Waals surface area contributed by atoms with Crippen molar-refractivity contribution in [2.75, 3.05) is 27.3 Å². The van der Waals surface area contributed by atoms with E-state index >= 15 is 0 Å². The van der Waals surface area contributed by atoms with E-state index in [2.05, 4.69) is 45.0 Å². The number of nitrogens with zero attached hydrogens (tertiary/aromatic N) is 5. The molecule has 7 rings (SSSR count). The van der Waals surface area contributed by atoms with Gasteiger partial charge < -0.3 is 14.2 Å². The Morgan fingerprint density at radius 2 is 1.89 bits per heavy atom. The smallest absolute Gasteiger partial charge is 0.119 e. The van der Waals surface area contributed by atoms with Crippen molar-refractivity contribution >= 4 is 10.9 Å². The average Bonchev–Trinajstić information content (AvgIpc) is 3.46. The van der Waals surface area contributed by atoms with Crippen LogP contribution in [-0.2, 0) is 11.3 Å². The number of rotatable bonds is 9. The molecule has 2 aromatic carbocycles. The Bertz CT molecular complexity index is 1420. The lowest BCUT2D eigenvalue weighted by molar-refractivity contribution is -0.0809. The molecular weight excluding hydrogens is 478 g/mol. The van der Waals surface area contributed by atoms with Gasteiger partial charge in [-0.2, -0.15) is 0 Å². The van der Waals surface area contributed by atoms with Gasteiger partial charge in [0.25, 0.3) is 0 Å². The summed E-state index contributed by atoms with van der Waals surface area (Å²) in [5, 5.41) is 9.80. The lowest BCUT2D eigenvalue weighted by Gasteiger charge is -2.51. The van der Waals surface area contributed by atoms with Crippen LogP contribution in [0.5, 0.6) is 11.5 Å². The molecule has 3 aliphatic heterocycles. The van der Waals surface area contributed by atoms with Crippen molar-refractivity contribution in [3.05, 3.63) is 84.8 Å². The highest BCUT2D eigenvalue weighted by Gasteiger charge is 2.43. The number of pyridine rings is 1. The third-order valence-corrected chi connectivity index (χ3v) is 8.08. The normalized spacial score (nSPS) is 23.3. The molecule has 3 fully saturated rings. The fourth-order valence-corrected chi connectivity index (χ4v) is 6.02. The minimum Gasteiger partial charge on any atom is -0.497 e. The Morgan fingerprint density at radius 1 is 1.08 bits per heavy atom. The number of piperidine rings is 3. The number of aromatic nitrogens is 4. The maximum atomic E-state index is 6.77. The molecule has 8 heteroatoms. The molecule has 2 aromatic heterocycles. The van der Waals surface area contributed by atoms with Gasteiger partial charge in [0.2, 0.25) is 0 Å². The zero-order valence-corrected chi connectivity index (χ0v) is 21.9. The zero-order chi connectivity index (χ0) is 26.1. The molecule has 8 nitrogen and oxygen atoms in total. The summed E-state index contributed by atoms with van der Waals surface area (Å²) >= 11 is 0. The van der Waals surface area contributed by atoms with Crippen LogP contribution < -0.4 is 9.47 Å². The first kappa shape index (κ1) is 24.6. The van der Waals surface area contributed by atoms with Gasteiger partial charge in [0.15, 0.2) is 0 Å². The lowest BCUT2D eigenvalue weighted by Crippen LogP contribution is -2.55. The van der Waals surface area contributed by atoms with E-state index in [-0.39, 0.29) is 12.1 Å². The second-order valence-electron chi connectivity index (χ2n) is 10.1. The van der Waals surface area contributed by atoms with Crippen LogP contribution in [0.2, 0.25) is 0 Å². The molecule has 5 heterocycles. The SMILES string of the molecule is C=C[C@H]1CN2CC[C@H]1C[C@@H]2[C@H](OCc1cn(-c2ccc(OC)cc2)nn1)c1ccnc2ccc(OC)cc12. The van der Waals surface area contributed by atoms with E-state index in [0.29, 0.717) is 18.4 Å². The van der Waals surface area contributed by atoms with Gasteiger partial charge in [0.1, 0.15) is 17.2 Å². The van der Waals surface area contributed by atoms with Crippen molar-refractivity contribution in [2.45, 2.75) is 31.6 Å². The van der Waals surface area contributed by atoms with Crippen molar-refractivity contribution in [2.24, 2.45) is 11.8 Å². The summed E-state index contributed by atoms with van der Waals surface area (Å²) in [6.07, 6.45) is 8.08. The largest absolute Gasteiger partial charge is 0.497 e. The lowest BCUT2D eigenvalue weighted by atomic mass is 9.73. The quantitative estimate of drug-likeness (QED) is 0.293. The van der Waals surface area contributed by atoms with E-state index in [1.807, 2.05) is 48.8 Å². The summed E-state index contributed by atoms with van der Waals surface area (Å²) in [5.74, 6) is 2.79. The van der Waals surface area contributed by atoms with Crippen molar-refractivity contribution in [3.63, 3.8) is 0 Å². The molecule has 38 heavy (non-hydrogen) atoms. The third kappa shape index (κ3) is 4.66. The maximum Gasteiger partial charge on any atom is 0.119 e. The van der Waals surface area contributed by atoms with Gasteiger partial charge in [-0.15, -0.1) is 11.7 Å². The monoisotopic (exact) mass is 511 g/mol. The van der Waals surface area contributed by atoms with Crippen molar-refractivity contribution < 1.29 is 14.2 Å². The first-order valence-electron chi connectivity index (χ1n) is 13.1. The van der Waals surface area contributed by atoms with E-state index in [1.165, 1.54) is 6.42 Å². The predicted octanol–water partition coefficient (Wildman–Crippen LogP) is 4.99. The average molecular weight is 512 g/mol. The first-order chi connectivity index (χ1) is 18.7. The molecule has 2 bridgehead atoms. The fraction of sp³-hybridized carbons (Fsp3) is 0.367. The van der Waals surface area contributed by atoms with E-state index < -0.39 is 0 Å². The topological polar surface area (TPSA) is 74.5 Å². The molecule has 0 spiro atoms. The Balaban J connectivity index is 1.31.